The number of aliphatic imine (C=N–C) groups is 1. The van der Waals surface area contributed by atoms with Gasteiger partial charge in [-0.2, -0.15) is 13.2 Å². The van der Waals surface area contributed by atoms with Crippen LogP contribution < -0.4 is 10.6 Å². The van der Waals surface area contributed by atoms with Crippen LogP contribution in [0, 0.1) is 5.92 Å². The highest BCUT2D eigenvalue weighted by Gasteiger charge is 2.41. The zero-order valence-corrected chi connectivity index (χ0v) is 18.4. The van der Waals surface area contributed by atoms with Gasteiger partial charge in [-0.3, -0.25) is 4.99 Å². The van der Waals surface area contributed by atoms with Crippen molar-refractivity contribution in [3.8, 4) is 0 Å². The van der Waals surface area contributed by atoms with Crippen LogP contribution in [0.3, 0.4) is 0 Å². The number of halogens is 5. The lowest BCUT2D eigenvalue weighted by Gasteiger charge is -2.31. The van der Waals surface area contributed by atoms with Crippen molar-refractivity contribution >= 4 is 41.5 Å². The smallest absolute Gasteiger partial charge is 0.375 e. The highest BCUT2D eigenvalue weighted by Crippen LogP contribution is 2.37. The Bertz CT molecular complexity index is 608. The van der Waals surface area contributed by atoms with Crippen LogP contribution in [-0.2, 0) is 4.74 Å². The Balaban J connectivity index is 0.00000364. The van der Waals surface area contributed by atoms with Crippen molar-refractivity contribution in [1.82, 2.24) is 10.6 Å². The predicted octanol–water partition coefficient (Wildman–Crippen LogP) is 4.93. The molecule has 1 atom stereocenters. The van der Waals surface area contributed by atoms with Crippen LogP contribution in [0.1, 0.15) is 37.4 Å². The molecule has 2 rings (SSSR count). The molecule has 0 spiro atoms. The van der Waals surface area contributed by atoms with Gasteiger partial charge in [-0.1, -0.05) is 23.7 Å². The number of guanidine groups is 1. The Morgan fingerprint density at radius 1 is 1.30 bits per heavy atom. The third-order valence-electron chi connectivity index (χ3n) is 4.71. The van der Waals surface area contributed by atoms with Crippen LogP contribution in [-0.4, -0.2) is 38.9 Å². The molecule has 0 amide bonds. The topological polar surface area (TPSA) is 45.7 Å². The van der Waals surface area contributed by atoms with Crippen LogP contribution >= 0.6 is 35.6 Å². The minimum absolute atomic E-state index is 0. The second kappa shape index (κ2) is 11.3. The Morgan fingerprint density at radius 3 is 2.48 bits per heavy atom. The Hall–Kier alpha value is -0.740. The monoisotopic (exact) mass is 519 g/mol. The first-order valence-corrected chi connectivity index (χ1v) is 9.03. The normalized spacial score (nSPS) is 21.9. The molecule has 1 saturated carbocycles. The van der Waals surface area contributed by atoms with Crippen LogP contribution in [0.15, 0.2) is 29.3 Å². The van der Waals surface area contributed by atoms with Crippen molar-refractivity contribution in [1.29, 1.82) is 0 Å². The molecule has 1 aliphatic carbocycles. The standard InChI is InChI=1S/C18H25ClF3N3O.HI/c1-23-17(25-15-8-6-13(7-9-15)18(20,21)22)24-11-16(26-2)12-4-3-5-14(19)10-12;/h3-5,10,13,15-16H,6-9,11H2,1-2H3,(H2,23,24,25);1H. The number of hydrogen-bond acceptors (Lipinski definition) is 2. The molecular formula is C18H26ClF3IN3O. The molecule has 9 heteroatoms. The first-order valence-electron chi connectivity index (χ1n) is 8.65. The van der Waals surface area contributed by atoms with Gasteiger partial charge in [-0.15, -0.1) is 24.0 Å². The van der Waals surface area contributed by atoms with Gasteiger partial charge in [-0.25, -0.2) is 0 Å². The molecular weight excluding hydrogens is 494 g/mol. The molecule has 4 nitrogen and oxygen atoms in total. The van der Waals surface area contributed by atoms with E-state index in [-0.39, 0.29) is 49.0 Å². The van der Waals surface area contributed by atoms with Gasteiger partial charge in [0.15, 0.2) is 5.96 Å². The molecule has 1 fully saturated rings. The fraction of sp³-hybridized carbons (Fsp3) is 0.611. The fourth-order valence-corrected chi connectivity index (χ4v) is 3.39. The van der Waals surface area contributed by atoms with E-state index in [4.69, 9.17) is 16.3 Å². The first kappa shape index (κ1) is 24.3. The highest BCUT2D eigenvalue weighted by molar-refractivity contribution is 14.0. The number of hydrogen-bond donors (Lipinski definition) is 2. The molecule has 0 radical (unpaired) electrons. The van der Waals surface area contributed by atoms with Gasteiger partial charge in [-0.05, 0) is 43.4 Å². The summed E-state index contributed by atoms with van der Waals surface area (Å²) in [4.78, 5) is 4.16. The molecule has 0 heterocycles. The molecule has 2 N–H and O–H groups in total. The molecule has 1 unspecified atom stereocenters. The Morgan fingerprint density at radius 2 is 1.96 bits per heavy atom. The molecule has 1 aromatic carbocycles. The average molecular weight is 520 g/mol. The van der Waals surface area contributed by atoms with Crippen LogP contribution in [0.2, 0.25) is 5.02 Å². The van der Waals surface area contributed by atoms with Gasteiger partial charge in [0, 0.05) is 31.8 Å². The van der Waals surface area contributed by atoms with E-state index >= 15 is 0 Å². The van der Waals surface area contributed by atoms with E-state index in [2.05, 4.69) is 15.6 Å². The van der Waals surface area contributed by atoms with Crippen LogP contribution in [0.4, 0.5) is 13.2 Å². The SMILES string of the molecule is CN=C(NCC(OC)c1cccc(Cl)c1)NC1CCC(C(F)(F)F)CC1.I. The lowest BCUT2D eigenvalue weighted by Crippen LogP contribution is -2.46. The van der Waals surface area contributed by atoms with E-state index in [1.807, 2.05) is 18.2 Å². The quantitative estimate of drug-likeness (QED) is 0.329. The summed E-state index contributed by atoms with van der Waals surface area (Å²) in [6, 6.07) is 7.41. The summed E-state index contributed by atoms with van der Waals surface area (Å²) in [6.07, 6.45) is -3.04. The van der Waals surface area contributed by atoms with Crippen molar-refractivity contribution in [2.45, 2.75) is 44.0 Å². The maximum Gasteiger partial charge on any atom is 0.391 e. The zero-order chi connectivity index (χ0) is 19.2. The number of rotatable bonds is 5. The molecule has 1 aromatic rings. The number of benzene rings is 1. The molecule has 0 bridgehead atoms. The van der Waals surface area contributed by atoms with Crippen LogP contribution in [0.25, 0.3) is 0 Å². The van der Waals surface area contributed by atoms with E-state index in [1.54, 1.807) is 20.2 Å². The maximum absolute atomic E-state index is 12.8. The number of nitrogens with one attached hydrogen (secondary N) is 2. The fourth-order valence-electron chi connectivity index (χ4n) is 3.19. The number of ether oxygens (including phenoxy) is 1. The number of methoxy groups -OCH3 is 1. The van der Waals surface area contributed by atoms with E-state index in [0.717, 1.165) is 5.56 Å². The van der Waals surface area contributed by atoms with Gasteiger partial charge in [0.25, 0.3) is 0 Å². The molecule has 27 heavy (non-hydrogen) atoms. The average Bonchev–Trinajstić information content (AvgIpc) is 2.61. The van der Waals surface area contributed by atoms with Gasteiger partial charge in [0.1, 0.15) is 0 Å². The van der Waals surface area contributed by atoms with Gasteiger partial charge < -0.3 is 15.4 Å². The molecule has 154 valence electrons. The van der Waals surface area contributed by atoms with Crippen molar-refractivity contribution in [3.63, 3.8) is 0 Å². The van der Waals surface area contributed by atoms with Crippen molar-refractivity contribution < 1.29 is 17.9 Å². The summed E-state index contributed by atoms with van der Waals surface area (Å²) < 4.78 is 43.8. The highest BCUT2D eigenvalue weighted by atomic mass is 127. The number of nitrogens with zero attached hydrogens (tertiary/aromatic N) is 1. The number of alkyl halides is 3. The second-order valence-electron chi connectivity index (χ2n) is 6.47. The van der Waals surface area contributed by atoms with Crippen molar-refractivity contribution in [2.24, 2.45) is 10.9 Å². The van der Waals surface area contributed by atoms with E-state index in [1.165, 1.54) is 0 Å². The third-order valence-corrected chi connectivity index (χ3v) is 4.95. The molecule has 0 aromatic heterocycles. The summed E-state index contributed by atoms with van der Waals surface area (Å²) >= 11 is 6.02. The largest absolute Gasteiger partial charge is 0.391 e. The van der Waals surface area contributed by atoms with Gasteiger partial charge in [0.05, 0.1) is 12.0 Å². The maximum atomic E-state index is 12.8. The minimum atomic E-state index is -4.09. The van der Waals surface area contributed by atoms with Crippen molar-refractivity contribution in [2.75, 3.05) is 20.7 Å². The first-order chi connectivity index (χ1) is 12.3. The predicted molar refractivity (Wildman–Crippen MR) is 113 cm³/mol. The Kier molecular flexibility index (Phi) is 10.2. The Labute approximate surface area is 180 Å². The lowest BCUT2D eigenvalue weighted by molar-refractivity contribution is -0.182. The molecule has 0 saturated heterocycles. The summed E-state index contributed by atoms with van der Waals surface area (Å²) in [5.74, 6) is -0.624. The van der Waals surface area contributed by atoms with Gasteiger partial charge in [0.2, 0.25) is 0 Å². The molecule has 1 aliphatic rings. The summed E-state index contributed by atoms with van der Waals surface area (Å²) in [5, 5.41) is 7.02. The summed E-state index contributed by atoms with van der Waals surface area (Å²) in [7, 11) is 3.25. The second-order valence-corrected chi connectivity index (χ2v) is 6.90. The zero-order valence-electron chi connectivity index (χ0n) is 15.4. The van der Waals surface area contributed by atoms with Crippen LogP contribution in [0.5, 0.6) is 0 Å². The molecule has 0 aliphatic heterocycles. The van der Waals surface area contributed by atoms with Crippen molar-refractivity contribution in [3.05, 3.63) is 34.9 Å². The summed E-state index contributed by atoms with van der Waals surface area (Å²) in [5.41, 5.74) is 0.939. The minimum Gasteiger partial charge on any atom is -0.375 e. The van der Waals surface area contributed by atoms with E-state index in [0.29, 0.717) is 30.4 Å². The van der Waals surface area contributed by atoms with E-state index < -0.39 is 12.1 Å². The summed E-state index contributed by atoms with van der Waals surface area (Å²) in [6.45, 7) is 0.467. The third kappa shape index (κ3) is 7.65. The lowest BCUT2D eigenvalue weighted by atomic mass is 9.85. The van der Waals surface area contributed by atoms with E-state index in [9.17, 15) is 13.2 Å². The van der Waals surface area contributed by atoms with Gasteiger partial charge >= 0.3 is 6.18 Å².